The van der Waals surface area contributed by atoms with Crippen LogP contribution >= 0.6 is 35.7 Å². The summed E-state index contributed by atoms with van der Waals surface area (Å²) < 4.78 is 0. The molecule has 2 rings (SSSR count). The summed E-state index contributed by atoms with van der Waals surface area (Å²) in [6.45, 7) is 2.26. The lowest BCUT2D eigenvalue weighted by atomic mass is 10.2. The maximum absolute atomic E-state index is 4.38. The molecule has 0 bridgehead atoms. The van der Waals surface area contributed by atoms with Crippen molar-refractivity contribution in [2.75, 3.05) is 40.0 Å². The molecule has 20 heavy (non-hydrogen) atoms. The predicted molar refractivity (Wildman–Crippen MR) is 99.3 cm³/mol. The molecule has 1 heterocycles. The van der Waals surface area contributed by atoms with Crippen LogP contribution < -0.4 is 0 Å². The van der Waals surface area contributed by atoms with Gasteiger partial charge in [-0.3, -0.25) is 4.99 Å². The maximum atomic E-state index is 4.38. The number of hydrogen-bond acceptors (Lipinski definition) is 2. The second-order valence-electron chi connectivity index (χ2n) is 5.14. The smallest absolute Gasteiger partial charge is 0.195 e. The average Bonchev–Trinajstić information content (AvgIpc) is 2.87. The minimum absolute atomic E-state index is 0. The summed E-state index contributed by atoms with van der Waals surface area (Å²) in [6, 6.07) is 10.7. The Bertz CT molecular complexity index is 422. The van der Waals surface area contributed by atoms with Crippen molar-refractivity contribution in [3.05, 3.63) is 30.3 Å². The standard InChI is InChI=1S/C15H23N3S.HI/c1-16-15(17(2)3)18-10-9-13(11-18)12-19-14-7-5-4-6-8-14;/h4-8,13H,9-12H2,1-3H3;1H. The van der Waals surface area contributed by atoms with Crippen molar-refractivity contribution in [3.8, 4) is 0 Å². The lowest BCUT2D eigenvalue weighted by Crippen LogP contribution is -2.39. The van der Waals surface area contributed by atoms with Gasteiger partial charge in [0.1, 0.15) is 0 Å². The van der Waals surface area contributed by atoms with E-state index >= 15 is 0 Å². The third-order valence-corrected chi connectivity index (χ3v) is 4.64. The number of thioether (sulfide) groups is 1. The third kappa shape index (κ3) is 4.84. The van der Waals surface area contributed by atoms with Crippen molar-refractivity contribution < 1.29 is 0 Å². The van der Waals surface area contributed by atoms with Crippen LogP contribution in [0, 0.1) is 5.92 Å². The van der Waals surface area contributed by atoms with Gasteiger partial charge in [-0.1, -0.05) is 18.2 Å². The Morgan fingerprint density at radius 2 is 2.05 bits per heavy atom. The van der Waals surface area contributed by atoms with Crippen molar-refractivity contribution >= 4 is 41.7 Å². The highest BCUT2D eigenvalue weighted by molar-refractivity contribution is 14.0. The van der Waals surface area contributed by atoms with E-state index in [4.69, 9.17) is 0 Å². The number of hydrogen-bond donors (Lipinski definition) is 0. The number of guanidine groups is 1. The fourth-order valence-corrected chi connectivity index (χ4v) is 3.56. The van der Waals surface area contributed by atoms with Crippen LogP contribution in [0.3, 0.4) is 0 Å². The second-order valence-corrected chi connectivity index (χ2v) is 6.24. The molecule has 0 radical (unpaired) electrons. The van der Waals surface area contributed by atoms with Crippen LogP contribution in [0.15, 0.2) is 40.2 Å². The van der Waals surface area contributed by atoms with Crippen LogP contribution in [0.5, 0.6) is 0 Å². The number of rotatable bonds is 3. The molecule has 1 aromatic carbocycles. The zero-order valence-corrected chi connectivity index (χ0v) is 15.6. The summed E-state index contributed by atoms with van der Waals surface area (Å²) >= 11 is 1.97. The van der Waals surface area contributed by atoms with E-state index in [9.17, 15) is 0 Å². The summed E-state index contributed by atoms with van der Waals surface area (Å²) in [5, 5.41) is 0. The molecule has 1 aliphatic heterocycles. The Morgan fingerprint density at radius 1 is 1.35 bits per heavy atom. The molecule has 5 heteroatoms. The van der Waals surface area contributed by atoms with Gasteiger partial charge in [0.05, 0.1) is 0 Å². The van der Waals surface area contributed by atoms with Gasteiger partial charge in [-0.15, -0.1) is 35.7 Å². The molecule has 1 aromatic rings. The van der Waals surface area contributed by atoms with Crippen molar-refractivity contribution in [3.63, 3.8) is 0 Å². The molecular formula is C15H24IN3S. The number of halogens is 1. The van der Waals surface area contributed by atoms with Crippen LogP contribution in [0.1, 0.15) is 6.42 Å². The van der Waals surface area contributed by atoms with Crippen molar-refractivity contribution in [2.45, 2.75) is 11.3 Å². The highest BCUT2D eigenvalue weighted by Gasteiger charge is 2.25. The molecule has 0 N–H and O–H groups in total. The molecule has 1 atom stereocenters. The molecule has 1 fully saturated rings. The zero-order chi connectivity index (χ0) is 13.7. The highest BCUT2D eigenvalue weighted by Crippen LogP contribution is 2.26. The molecule has 1 aliphatic rings. The largest absolute Gasteiger partial charge is 0.349 e. The fraction of sp³-hybridized carbons (Fsp3) is 0.533. The van der Waals surface area contributed by atoms with Crippen LogP contribution in [-0.2, 0) is 0 Å². The van der Waals surface area contributed by atoms with E-state index in [0.29, 0.717) is 0 Å². The molecule has 0 spiro atoms. The van der Waals surface area contributed by atoms with Crippen LogP contribution in [-0.4, -0.2) is 55.7 Å². The predicted octanol–water partition coefficient (Wildman–Crippen LogP) is 3.27. The first kappa shape index (κ1) is 17.6. The van der Waals surface area contributed by atoms with Crippen LogP contribution in [0.4, 0.5) is 0 Å². The van der Waals surface area contributed by atoms with Crippen molar-refractivity contribution in [2.24, 2.45) is 10.9 Å². The molecule has 112 valence electrons. The third-order valence-electron chi connectivity index (χ3n) is 3.40. The van der Waals surface area contributed by atoms with Gasteiger partial charge in [-0.25, -0.2) is 0 Å². The first-order chi connectivity index (χ1) is 9.20. The van der Waals surface area contributed by atoms with Gasteiger partial charge in [0.25, 0.3) is 0 Å². The van der Waals surface area contributed by atoms with Gasteiger partial charge in [-0.2, -0.15) is 0 Å². The Balaban J connectivity index is 0.00000200. The molecule has 1 saturated heterocycles. The minimum Gasteiger partial charge on any atom is -0.349 e. The van der Waals surface area contributed by atoms with Crippen LogP contribution in [0.2, 0.25) is 0 Å². The van der Waals surface area contributed by atoms with Gasteiger partial charge >= 0.3 is 0 Å². The molecule has 0 amide bonds. The number of nitrogens with zero attached hydrogens (tertiary/aromatic N) is 3. The van der Waals surface area contributed by atoms with Crippen molar-refractivity contribution in [1.29, 1.82) is 0 Å². The summed E-state index contributed by atoms with van der Waals surface area (Å²) in [7, 11) is 6.00. The summed E-state index contributed by atoms with van der Waals surface area (Å²) in [4.78, 5) is 10.3. The number of benzene rings is 1. The summed E-state index contributed by atoms with van der Waals surface area (Å²) in [6.07, 6.45) is 1.27. The average molecular weight is 405 g/mol. The first-order valence-corrected chi connectivity index (χ1v) is 7.76. The zero-order valence-electron chi connectivity index (χ0n) is 12.5. The second kappa shape index (κ2) is 8.77. The maximum Gasteiger partial charge on any atom is 0.195 e. The van der Waals surface area contributed by atoms with E-state index < -0.39 is 0 Å². The van der Waals surface area contributed by atoms with Crippen molar-refractivity contribution in [1.82, 2.24) is 9.80 Å². The first-order valence-electron chi connectivity index (χ1n) is 6.77. The lowest BCUT2D eigenvalue weighted by Gasteiger charge is -2.25. The van der Waals surface area contributed by atoms with Gasteiger partial charge in [0.2, 0.25) is 0 Å². The molecule has 3 nitrogen and oxygen atoms in total. The summed E-state index contributed by atoms with van der Waals surface area (Å²) in [5.74, 6) is 3.07. The monoisotopic (exact) mass is 405 g/mol. The van der Waals surface area contributed by atoms with E-state index in [1.54, 1.807) is 0 Å². The molecular weight excluding hydrogens is 381 g/mol. The van der Waals surface area contributed by atoms with E-state index in [1.165, 1.54) is 17.1 Å². The normalized spacial score (nSPS) is 18.9. The minimum atomic E-state index is 0. The molecule has 0 aromatic heterocycles. The van der Waals surface area contributed by atoms with Gasteiger partial charge in [0.15, 0.2) is 5.96 Å². The van der Waals surface area contributed by atoms with E-state index in [0.717, 1.165) is 25.0 Å². The Kier molecular flexibility index (Phi) is 7.72. The molecule has 0 saturated carbocycles. The number of aliphatic imine (C=N–C) groups is 1. The molecule has 0 aliphatic carbocycles. The Hall–Kier alpha value is -0.430. The quantitative estimate of drug-likeness (QED) is 0.333. The van der Waals surface area contributed by atoms with E-state index in [2.05, 4.69) is 59.2 Å². The van der Waals surface area contributed by atoms with E-state index in [1.807, 2.05) is 18.8 Å². The highest BCUT2D eigenvalue weighted by atomic mass is 127. The van der Waals surface area contributed by atoms with Gasteiger partial charge < -0.3 is 9.80 Å². The van der Waals surface area contributed by atoms with E-state index in [-0.39, 0.29) is 24.0 Å². The Labute approximate surface area is 143 Å². The topological polar surface area (TPSA) is 18.8 Å². The van der Waals surface area contributed by atoms with Gasteiger partial charge in [-0.05, 0) is 24.5 Å². The Morgan fingerprint density at radius 3 is 2.65 bits per heavy atom. The SMILES string of the molecule is CN=C(N(C)C)N1CCC(CSc2ccccc2)C1.I. The van der Waals surface area contributed by atoms with Gasteiger partial charge in [0, 0.05) is 44.9 Å². The summed E-state index contributed by atoms with van der Waals surface area (Å²) in [5.41, 5.74) is 0. The fourth-order valence-electron chi connectivity index (χ4n) is 2.51. The lowest BCUT2D eigenvalue weighted by molar-refractivity contribution is 0.419. The van der Waals surface area contributed by atoms with Crippen LogP contribution in [0.25, 0.3) is 0 Å². The molecule has 1 unspecified atom stereocenters. The number of likely N-dealkylation sites (tertiary alicyclic amines) is 1.